The van der Waals surface area contributed by atoms with Crippen molar-refractivity contribution < 1.29 is 4.52 Å². The lowest BCUT2D eigenvalue weighted by atomic mass is 9.98. The molecule has 1 N–H and O–H groups in total. The number of nitrogens with zero attached hydrogens (tertiary/aromatic N) is 2. The first kappa shape index (κ1) is 13.7. The molecule has 1 aromatic heterocycles. The van der Waals surface area contributed by atoms with E-state index < -0.39 is 0 Å². The number of hydrogen-bond acceptors (Lipinski definition) is 4. The van der Waals surface area contributed by atoms with Crippen LogP contribution in [0.3, 0.4) is 0 Å². The summed E-state index contributed by atoms with van der Waals surface area (Å²) >= 11 is 0. The van der Waals surface area contributed by atoms with E-state index in [2.05, 4.69) is 42.3 Å². The van der Waals surface area contributed by atoms with E-state index in [0.29, 0.717) is 17.8 Å². The molecule has 2 rings (SSSR count). The van der Waals surface area contributed by atoms with Crippen LogP contribution in [0.4, 0.5) is 0 Å². The van der Waals surface area contributed by atoms with Crippen molar-refractivity contribution in [2.24, 2.45) is 0 Å². The highest BCUT2D eigenvalue weighted by atomic mass is 16.5. The first-order valence-corrected chi connectivity index (χ1v) is 6.74. The van der Waals surface area contributed by atoms with Gasteiger partial charge >= 0.3 is 0 Å². The third-order valence-electron chi connectivity index (χ3n) is 3.64. The molecule has 102 valence electrons. The number of likely N-dealkylation sites (N-methyl/N-ethyl adjacent to an activating group) is 1. The molecule has 19 heavy (non-hydrogen) atoms. The van der Waals surface area contributed by atoms with E-state index in [-0.39, 0.29) is 5.92 Å². The van der Waals surface area contributed by atoms with E-state index in [1.165, 1.54) is 0 Å². The fourth-order valence-corrected chi connectivity index (χ4v) is 2.26. The molecule has 1 aromatic carbocycles. The Morgan fingerprint density at radius 2 is 2.05 bits per heavy atom. The molecule has 4 heteroatoms. The fourth-order valence-electron chi connectivity index (χ4n) is 2.26. The topological polar surface area (TPSA) is 51.0 Å². The van der Waals surface area contributed by atoms with Gasteiger partial charge in [-0.3, -0.25) is 0 Å². The van der Waals surface area contributed by atoms with E-state index in [1.807, 2.05) is 25.2 Å². The fraction of sp³-hybridized carbons (Fsp3) is 0.467. The molecule has 0 bridgehead atoms. The number of aromatic nitrogens is 2. The number of nitrogens with one attached hydrogen (secondary N) is 1. The Balaban J connectivity index is 2.31. The standard InChI is InChI=1S/C15H21N3O/c1-5-12(11(3)16-4)15-17-14(18-19-15)13-9-7-6-8-10(13)2/h6-9,11-12,16H,5H2,1-4H3. The SMILES string of the molecule is CCC(c1nc(-c2ccccc2C)no1)C(C)NC. The van der Waals surface area contributed by atoms with Crippen molar-refractivity contribution in [2.75, 3.05) is 7.05 Å². The maximum Gasteiger partial charge on any atom is 0.231 e. The van der Waals surface area contributed by atoms with Crippen LogP contribution >= 0.6 is 0 Å². The van der Waals surface area contributed by atoms with Crippen LogP contribution in [-0.2, 0) is 0 Å². The average molecular weight is 259 g/mol. The van der Waals surface area contributed by atoms with Crippen molar-refractivity contribution in [3.05, 3.63) is 35.7 Å². The van der Waals surface area contributed by atoms with Gasteiger partial charge in [0.15, 0.2) is 0 Å². The second-order valence-corrected chi connectivity index (χ2v) is 4.86. The van der Waals surface area contributed by atoms with E-state index in [1.54, 1.807) is 0 Å². The molecule has 0 saturated carbocycles. The summed E-state index contributed by atoms with van der Waals surface area (Å²) in [5, 5.41) is 7.37. The van der Waals surface area contributed by atoms with Crippen molar-refractivity contribution in [1.82, 2.24) is 15.5 Å². The summed E-state index contributed by atoms with van der Waals surface area (Å²) in [4.78, 5) is 4.56. The number of hydrogen-bond donors (Lipinski definition) is 1. The zero-order valence-corrected chi connectivity index (χ0v) is 12.0. The number of benzene rings is 1. The summed E-state index contributed by atoms with van der Waals surface area (Å²) in [6.45, 7) is 6.32. The zero-order valence-electron chi connectivity index (χ0n) is 12.0. The van der Waals surface area contributed by atoms with Gasteiger partial charge < -0.3 is 9.84 Å². The molecule has 2 atom stereocenters. The molecule has 4 nitrogen and oxygen atoms in total. The van der Waals surface area contributed by atoms with Crippen molar-refractivity contribution in [2.45, 2.75) is 39.2 Å². The highest BCUT2D eigenvalue weighted by Crippen LogP contribution is 2.25. The van der Waals surface area contributed by atoms with Gasteiger partial charge in [0.2, 0.25) is 11.7 Å². The van der Waals surface area contributed by atoms with E-state index in [4.69, 9.17) is 4.52 Å². The van der Waals surface area contributed by atoms with E-state index in [9.17, 15) is 0 Å². The third kappa shape index (κ3) is 2.84. The lowest BCUT2D eigenvalue weighted by Crippen LogP contribution is -2.28. The van der Waals surface area contributed by atoms with Crippen LogP contribution in [0.5, 0.6) is 0 Å². The largest absolute Gasteiger partial charge is 0.339 e. The molecule has 2 aromatic rings. The number of aryl methyl sites for hydroxylation is 1. The van der Waals surface area contributed by atoms with Gasteiger partial charge in [0, 0.05) is 11.6 Å². The predicted octanol–water partition coefficient (Wildman–Crippen LogP) is 3.15. The van der Waals surface area contributed by atoms with Gasteiger partial charge in [-0.2, -0.15) is 4.98 Å². The monoisotopic (exact) mass is 259 g/mol. The summed E-state index contributed by atoms with van der Waals surface area (Å²) in [6.07, 6.45) is 0.970. The molecule has 1 heterocycles. The lowest BCUT2D eigenvalue weighted by molar-refractivity contribution is 0.322. The maximum absolute atomic E-state index is 5.45. The Bertz CT molecular complexity index is 536. The van der Waals surface area contributed by atoms with Gasteiger partial charge in [0.1, 0.15) is 0 Å². The molecule has 0 saturated heterocycles. The van der Waals surface area contributed by atoms with Crippen LogP contribution < -0.4 is 5.32 Å². The third-order valence-corrected chi connectivity index (χ3v) is 3.64. The average Bonchev–Trinajstić information content (AvgIpc) is 2.89. The van der Waals surface area contributed by atoms with E-state index in [0.717, 1.165) is 17.5 Å². The Labute approximate surface area is 114 Å². The zero-order chi connectivity index (χ0) is 13.8. The minimum Gasteiger partial charge on any atom is -0.339 e. The van der Waals surface area contributed by atoms with Crippen LogP contribution in [0.2, 0.25) is 0 Å². The molecule has 0 fully saturated rings. The minimum absolute atomic E-state index is 0.246. The summed E-state index contributed by atoms with van der Waals surface area (Å²) in [5.74, 6) is 1.63. The Kier molecular flexibility index (Phi) is 4.32. The molecule has 0 amide bonds. The Morgan fingerprint density at radius 1 is 1.32 bits per heavy atom. The van der Waals surface area contributed by atoms with Crippen LogP contribution in [0.25, 0.3) is 11.4 Å². The summed E-state index contributed by atoms with van der Waals surface area (Å²) in [5.41, 5.74) is 2.19. The molecule has 0 aliphatic heterocycles. The second-order valence-electron chi connectivity index (χ2n) is 4.86. The Hall–Kier alpha value is -1.68. The van der Waals surface area contributed by atoms with Crippen molar-refractivity contribution in [3.8, 4) is 11.4 Å². The quantitative estimate of drug-likeness (QED) is 0.896. The molecular formula is C15H21N3O. The van der Waals surface area contributed by atoms with Crippen molar-refractivity contribution >= 4 is 0 Å². The lowest BCUT2D eigenvalue weighted by Gasteiger charge is -2.17. The van der Waals surface area contributed by atoms with Gasteiger partial charge in [0.25, 0.3) is 0 Å². The first-order chi connectivity index (χ1) is 9.17. The van der Waals surface area contributed by atoms with Gasteiger partial charge in [-0.25, -0.2) is 0 Å². The van der Waals surface area contributed by atoms with Crippen molar-refractivity contribution in [3.63, 3.8) is 0 Å². The van der Waals surface area contributed by atoms with Crippen molar-refractivity contribution in [1.29, 1.82) is 0 Å². The highest BCUT2D eigenvalue weighted by molar-refractivity contribution is 5.58. The smallest absolute Gasteiger partial charge is 0.231 e. The van der Waals surface area contributed by atoms with Gasteiger partial charge in [0.05, 0.1) is 5.92 Å². The molecule has 2 unspecified atom stereocenters. The van der Waals surface area contributed by atoms with Crippen LogP contribution in [0.15, 0.2) is 28.8 Å². The predicted molar refractivity (Wildman–Crippen MR) is 76.0 cm³/mol. The second kappa shape index (κ2) is 5.97. The van der Waals surface area contributed by atoms with Gasteiger partial charge in [-0.05, 0) is 32.9 Å². The molecule has 0 aliphatic rings. The maximum atomic E-state index is 5.45. The normalized spacial score (nSPS) is 14.3. The number of rotatable bonds is 5. The molecular weight excluding hydrogens is 238 g/mol. The van der Waals surface area contributed by atoms with Crippen LogP contribution in [0, 0.1) is 6.92 Å². The minimum atomic E-state index is 0.246. The molecule has 0 radical (unpaired) electrons. The van der Waals surface area contributed by atoms with Crippen LogP contribution in [0.1, 0.15) is 37.6 Å². The Morgan fingerprint density at radius 3 is 2.68 bits per heavy atom. The van der Waals surface area contributed by atoms with Crippen LogP contribution in [-0.4, -0.2) is 23.2 Å². The summed E-state index contributed by atoms with van der Waals surface area (Å²) in [7, 11) is 1.95. The summed E-state index contributed by atoms with van der Waals surface area (Å²) < 4.78 is 5.45. The first-order valence-electron chi connectivity index (χ1n) is 6.74. The molecule has 0 aliphatic carbocycles. The van der Waals surface area contributed by atoms with E-state index >= 15 is 0 Å². The molecule has 0 spiro atoms. The highest BCUT2D eigenvalue weighted by Gasteiger charge is 2.23. The van der Waals surface area contributed by atoms with Gasteiger partial charge in [-0.1, -0.05) is 36.3 Å². The summed E-state index contributed by atoms with van der Waals surface area (Å²) in [6, 6.07) is 8.39. The van der Waals surface area contributed by atoms with Gasteiger partial charge in [-0.15, -0.1) is 0 Å².